The second kappa shape index (κ2) is 10.1. The minimum Gasteiger partial charge on any atom is -0.444 e. The highest BCUT2D eigenvalue weighted by Gasteiger charge is 2.20. The first kappa shape index (κ1) is 22.2. The van der Waals surface area contributed by atoms with E-state index >= 15 is 0 Å². The molecule has 23 heavy (non-hydrogen) atoms. The molecule has 2 atom stereocenters. The predicted molar refractivity (Wildman–Crippen MR) is 97.7 cm³/mol. The van der Waals surface area contributed by atoms with Gasteiger partial charge in [-0.3, -0.25) is 0 Å². The van der Waals surface area contributed by atoms with Gasteiger partial charge in [0.15, 0.2) is 0 Å². The Morgan fingerprint density at radius 1 is 1.00 bits per heavy atom. The topological polar surface area (TPSA) is 53.6 Å². The lowest BCUT2D eigenvalue weighted by Gasteiger charge is -2.30. The smallest absolute Gasteiger partial charge is 0.407 e. The fourth-order valence-corrected chi connectivity index (χ4v) is 2.50. The molecule has 1 amide bonds. The Labute approximate surface area is 143 Å². The van der Waals surface area contributed by atoms with Crippen molar-refractivity contribution in [2.45, 2.75) is 60.1 Å². The van der Waals surface area contributed by atoms with Crippen molar-refractivity contribution in [3.05, 3.63) is 0 Å². The van der Waals surface area contributed by atoms with Crippen LogP contribution in [-0.2, 0) is 4.74 Å². The van der Waals surface area contributed by atoms with Gasteiger partial charge in [-0.15, -0.1) is 0 Å². The zero-order valence-corrected chi connectivity index (χ0v) is 16.7. The van der Waals surface area contributed by atoms with Gasteiger partial charge in [-0.25, -0.2) is 4.79 Å². The normalized spacial score (nSPS) is 15.1. The average Bonchev–Trinajstić information content (AvgIpc) is 2.34. The molecule has 0 aliphatic rings. The number of hydrogen-bond acceptors (Lipinski definition) is 4. The summed E-state index contributed by atoms with van der Waals surface area (Å²) in [4.78, 5) is 14.1. The van der Waals surface area contributed by atoms with Gasteiger partial charge < -0.3 is 20.3 Å². The van der Waals surface area contributed by atoms with Gasteiger partial charge >= 0.3 is 6.09 Å². The van der Waals surface area contributed by atoms with Crippen LogP contribution in [0.3, 0.4) is 0 Å². The molecule has 0 rings (SSSR count). The number of ether oxygens (including phenoxy) is 1. The number of nitrogens with zero attached hydrogens (tertiary/aromatic N) is 1. The molecular formula is C18H39N3O2. The number of nitrogens with one attached hydrogen (secondary N) is 2. The minimum atomic E-state index is -0.453. The summed E-state index contributed by atoms with van der Waals surface area (Å²) in [6.45, 7) is 17.0. The second-order valence-electron chi connectivity index (χ2n) is 8.32. The van der Waals surface area contributed by atoms with Crippen molar-refractivity contribution in [2.75, 3.05) is 33.7 Å². The highest BCUT2D eigenvalue weighted by atomic mass is 16.6. The van der Waals surface area contributed by atoms with Crippen molar-refractivity contribution in [3.8, 4) is 0 Å². The number of rotatable bonds is 9. The summed E-state index contributed by atoms with van der Waals surface area (Å²) in [5.74, 6) is 1.49. The zero-order chi connectivity index (χ0) is 18.2. The van der Waals surface area contributed by atoms with Crippen LogP contribution < -0.4 is 10.6 Å². The molecule has 0 aromatic heterocycles. The van der Waals surface area contributed by atoms with E-state index < -0.39 is 5.60 Å². The lowest BCUT2D eigenvalue weighted by molar-refractivity contribution is 0.0514. The average molecular weight is 330 g/mol. The Morgan fingerprint density at radius 3 is 1.96 bits per heavy atom. The molecule has 0 spiro atoms. The summed E-state index contributed by atoms with van der Waals surface area (Å²) in [5.41, 5.74) is -0.453. The SMILES string of the molecule is CC(C)C(CNCC(C(C)C)N(C)C)CNC(=O)OC(C)(C)C. The van der Waals surface area contributed by atoms with Gasteiger partial charge in [-0.05, 0) is 59.2 Å². The molecule has 5 nitrogen and oxygen atoms in total. The van der Waals surface area contributed by atoms with Crippen LogP contribution in [0.15, 0.2) is 0 Å². The molecule has 0 aliphatic heterocycles. The molecule has 0 saturated heterocycles. The fourth-order valence-electron chi connectivity index (χ4n) is 2.50. The fraction of sp³-hybridized carbons (Fsp3) is 0.944. The quantitative estimate of drug-likeness (QED) is 0.683. The van der Waals surface area contributed by atoms with Gasteiger partial charge in [-0.2, -0.15) is 0 Å². The molecule has 0 fully saturated rings. The van der Waals surface area contributed by atoms with E-state index in [4.69, 9.17) is 4.74 Å². The first-order chi connectivity index (χ1) is 10.4. The summed E-state index contributed by atoms with van der Waals surface area (Å²) in [5, 5.41) is 6.46. The predicted octanol–water partition coefficient (Wildman–Crippen LogP) is 2.96. The van der Waals surface area contributed by atoms with Gasteiger partial charge in [0.1, 0.15) is 5.60 Å². The summed E-state index contributed by atoms with van der Waals surface area (Å²) in [7, 11) is 4.24. The second-order valence-corrected chi connectivity index (χ2v) is 8.32. The van der Waals surface area contributed by atoms with Gasteiger partial charge in [0.2, 0.25) is 0 Å². The third-order valence-electron chi connectivity index (χ3n) is 4.04. The van der Waals surface area contributed by atoms with Gasteiger partial charge in [0, 0.05) is 19.1 Å². The molecule has 0 heterocycles. The molecule has 0 bridgehead atoms. The van der Waals surface area contributed by atoms with Crippen LogP contribution in [0.2, 0.25) is 0 Å². The van der Waals surface area contributed by atoms with Crippen molar-refractivity contribution >= 4 is 6.09 Å². The van der Waals surface area contributed by atoms with E-state index in [9.17, 15) is 4.79 Å². The molecule has 0 aromatic carbocycles. The van der Waals surface area contributed by atoms with Crippen LogP contribution in [0.4, 0.5) is 4.79 Å². The molecular weight excluding hydrogens is 290 g/mol. The maximum Gasteiger partial charge on any atom is 0.407 e. The molecule has 138 valence electrons. The maximum absolute atomic E-state index is 11.8. The molecule has 2 unspecified atom stereocenters. The molecule has 0 aromatic rings. The lowest BCUT2D eigenvalue weighted by Crippen LogP contribution is -2.45. The van der Waals surface area contributed by atoms with Crippen LogP contribution in [0, 0.1) is 17.8 Å². The number of carbonyl (C=O) groups is 1. The maximum atomic E-state index is 11.8. The van der Waals surface area contributed by atoms with E-state index in [-0.39, 0.29) is 6.09 Å². The lowest BCUT2D eigenvalue weighted by atomic mass is 9.95. The van der Waals surface area contributed by atoms with E-state index in [0.29, 0.717) is 30.3 Å². The van der Waals surface area contributed by atoms with Crippen LogP contribution >= 0.6 is 0 Å². The molecule has 0 radical (unpaired) electrons. The van der Waals surface area contributed by atoms with Crippen LogP contribution in [-0.4, -0.2) is 56.4 Å². The summed E-state index contributed by atoms with van der Waals surface area (Å²) >= 11 is 0. The highest BCUT2D eigenvalue weighted by Crippen LogP contribution is 2.11. The Bertz CT molecular complexity index is 328. The Kier molecular flexibility index (Phi) is 9.78. The Hall–Kier alpha value is -0.810. The summed E-state index contributed by atoms with van der Waals surface area (Å²) < 4.78 is 5.30. The van der Waals surface area contributed by atoms with Crippen LogP contribution in [0.5, 0.6) is 0 Å². The number of carbonyl (C=O) groups excluding carboxylic acids is 1. The van der Waals surface area contributed by atoms with Crippen LogP contribution in [0.25, 0.3) is 0 Å². The van der Waals surface area contributed by atoms with Crippen LogP contribution in [0.1, 0.15) is 48.5 Å². The van der Waals surface area contributed by atoms with Crippen molar-refractivity contribution in [2.24, 2.45) is 17.8 Å². The van der Waals surface area contributed by atoms with E-state index in [1.54, 1.807) is 0 Å². The minimum absolute atomic E-state index is 0.337. The van der Waals surface area contributed by atoms with E-state index in [0.717, 1.165) is 13.1 Å². The number of alkyl carbamates (subject to hydrolysis) is 1. The molecule has 0 aliphatic carbocycles. The highest BCUT2D eigenvalue weighted by molar-refractivity contribution is 5.67. The van der Waals surface area contributed by atoms with E-state index in [1.165, 1.54) is 0 Å². The standard InChI is InChI=1S/C18H39N3O2/c1-13(2)15(11-20-17(22)23-18(5,6)7)10-19-12-16(14(3)4)21(8)9/h13-16,19H,10-12H2,1-9H3,(H,20,22). The number of likely N-dealkylation sites (N-methyl/N-ethyl adjacent to an activating group) is 1. The molecule has 0 saturated carbocycles. The third-order valence-corrected chi connectivity index (χ3v) is 4.04. The Balaban J connectivity index is 4.30. The Morgan fingerprint density at radius 2 is 1.57 bits per heavy atom. The van der Waals surface area contributed by atoms with Crippen molar-refractivity contribution in [1.82, 2.24) is 15.5 Å². The summed E-state index contributed by atoms with van der Waals surface area (Å²) in [6.07, 6.45) is -0.337. The molecule has 5 heteroatoms. The van der Waals surface area contributed by atoms with Crippen molar-refractivity contribution < 1.29 is 9.53 Å². The molecule has 2 N–H and O–H groups in total. The monoisotopic (exact) mass is 329 g/mol. The number of amides is 1. The summed E-state index contributed by atoms with van der Waals surface area (Å²) in [6, 6.07) is 0.515. The van der Waals surface area contributed by atoms with Gasteiger partial charge in [-0.1, -0.05) is 27.7 Å². The first-order valence-electron chi connectivity index (χ1n) is 8.78. The van der Waals surface area contributed by atoms with Gasteiger partial charge in [0.25, 0.3) is 0 Å². The number of hydrogen-bond donors (Lipinski definition) is 2. The third kappa shape index (κ3) is 10.6. The zero-order valence-electron chi connectivity index (χ0n) is 16.7. The van der Waals surface area contributed by atoms with E-state index in [2.05, 4.69) is 57.3 Å². The van der Waals surface area contributed by atoms with Crippen molar-refractivity contribution in [1.29, 1.82) is 0 Å². The first-order valence-corrected chi connectivity index (χ1v) is 8.78. The van der Waals surface area contributed by atoms with Crippen molar-refractivity contribution in [3.63, 3.8) is 0 Å². The van der Waals surface area contributed by atoms with E-state index in [1.807, 2.05) is 20.8 Å². The van der Waals surface area contributed by atoms with Gasteiger partial charge in [0.05, 0.1) is 0 Å². The largest absolute Gasteiger partial charge is 0.444 e.